The lowest BCUT2D eigenvalue weighted by atomic mass is 10.1. The van der Waals surface area contributed by atoms with Gasteiger partial charge in [-0.05, 0) is 57.5 Å². The molecule has 1 aromatic carbocycles. The number of hydrogen-bond donors (Lipinski definition) is 2. The van der Waals surface area contributed by atoms with Gasteiger partial charge in [0.05, 0.1) is 11.0 Å². The first-order chi connectivity index (χ1) is 13.6. The molecule has 2 N–H and O–H groups in total. The van der Waals surface area contributed by atoms with Crippen molar-refractivity contribution >= 4 is 22.6 Å². The highest BCUT2D eigenvalue weighted by atomic mass is 16.1. The van der Waals surface area contributed by atoms with Gasteiger partial charge in [-0.2, -0.15) is 0 Å². The zero-order valence-electron chi connectivity index (χ0n) is 16.4. The molecule has 1 unspecified atom stereocenters. The van der Waals surface area contributed by atoms with Gasteiger partial charge in [0.25, 0.3) is 11.5 Å². The van der Waals surface area contributed by atoms with Gasteiger partial charge in [-0.1, -0.05) is 6.92 Å². The topological polar surface area (TPSA) is 95.4 Å². The number of carbonyl (C=O) groups is 1. The molecule has 148 valence electrons. The van der Waals surface area contributed by atoms with Crippen LogP contribution in [0.2, 0.25) is 0 Å². The second-order valence-electron chi connectivity index (χ2n) is 7.53. The van der Waals surface area contributed by atoms with Crippen molar-refractivity contribution in [3.05, 3.63) is 39.9 Å². The third-order valence-electron chi connectivity index (χ3n) is 5.59. The molecule has 3 heterocycles. The number of nitrogens with one attached hydrogen (secondary N) is 2. The van der Waals surface area contributed by atoms with E-state index in [1.807, 2.05) is 6.07 Å². The maximum atomic E-state index is 12.6. The van der Waals surface area contributed by atoms with Gasteiger partial charge in [0, 0.05) is 24.6 Å². The van der Waals surface area contributed by atoms with Crippen LogP contribution in [-0.4, -0.2) is 56.6 Å². The Morgan fingerprint density at radius 1 is 1.36 bits per heavy atom. The fourth-order valence-corrected chi connectivity index (χ4v) is 4.05. The minimum atomic E-state index is -0.302. The summed E-state index contributed by atoms with van der Waals surface area (Å²) in [6, 6.07) is 5.91. The van der Waals surface area contributed by atoms with Crippen LogP contribution in [0.15, 0.2) is 23.0 Å². The van der Waals surface area contributed by atoms with Gasteiger partial charge in [-0.15, -0.1) is 10.2 Å². The third-order valence-corrected chi connectivity index (χ3v) is 5.59. The van der Waals surface area contributed by atoms with Gasteiger partial charge in [-0.25, -0.2) is 0 Å². The first kappa shape index (κ1) is 18.6. The lowest BCUT2D eigenvalue weighted by molar-refractivity contribution is 0.0950. The van der Waals surface area contributed by atoms with E-state index in [1.165, 1.54) is 12.8 Å². The second kappa shape index (κ2) is 7.71. The van der Waals surface area contributed by atoms with Crippen LogP contribution >= 0.6 is 0 Å². The number of nitrogens with zero attached hydrogens (tertiary/aromatic N) is 4. The Morgan fingerprint density at radius 3 is 2.96 bits per heavy atom. The number of carbonyl (C=O) groups excluding carboxylic acids is 1. The van der Waals surface area contributed by atoms with Crippen LogP contribution < -0.4 is 10.9 Å². The molecule has 1 atom stereocenters. The molecule has 1 aliphatic rings. The lowest BCUT2D eigenvalue weighted by Crippen LogP contribution is -2.31. The molecule has 0 bridgehead atoms. The summed E-state index contributed by atoms with van der Waals surface area (Å²) in [7, 11) is 2.14. The number of amides is 1. The highest BCUT2D eigenvalue weighted by Gasteiger charge is 2.20. The predicted octanol–water partition coefficient (Wildman–Crippen LogP) is 1.74. The van der Waals surface area contributed by atoms with Crippen molar-refractivity contribution in [3.63, 3.8) is 0 Å². The number of fused-ring (bicyclic) bond motifs is 3. The van der Waals surface area contributed by atoms with Crippen LogP contribution in [0, 0.1) is 0 Å². The van der Waals surface area contributed by atoms with Crippen LogP contribution in [0.5, 0.6) is 0 Å². The maximum absolute atomic E-state index is 12.6. The number of aromatic nitrogens is 4. The number of benzene rings is 1. The van der Waals surface area contributed by atoms with Crippen molar-refractivity contribution < 1.29 is 4.79 Å². The molecule has 2 aromatic heterocycles. The number of aromatic amines is 1. The van der Waals surface area contributed by atoms with E-state index in [0.717, 1.165) is 37.1 Å². The quantitative estimate of drug-likeness (QED) is 0.677. The van der Waals surface area contributed by atoms with Crippen molar-refractivity contribution in [1.82, 2.24) is 29.8 Å². The van der Waals surface area contributed by atoms with Crippen LogP contribution in [0.3, 0.4) is 0 Å². The van der Waals surface area contributed by atoms with Gasteiger partial charge in [0.2, 0.25) is 5.65 Å². The van der Waals surface area contributed by atoms with Gasteiger partial charge < -0.3 is 15.2 Å². The largest absolute Gasteiger partial charge is 0.352 e. The fourth-order valence-electron chi connectivity index (χ4n) is 4.05. The van der Waals surface area contributed by atoms with Crippen molar-refractivity contribution in [2.24, 2.45) is 0 Å². The molecule has 3 aromatic rings. The monoisotopic (exact) mass is 382 g/mol. The zero-order chi connectivity index (χ0) is 19.7. The minimum absolute atomic E-state index is 0.124. The Labute approximate surface area is 162 Å². The molecule has 1 amide bonds. The van der Waals surface area contributed by atoms with Crippen LogP contribution in [0.1, 0.15) is 48.8 Å². The lowest BCUT2D eigenvalue weighted by Gasteiger charge is -2.19. The average Bonchev–Trinajstić information content (AvgIpc) is 3.29. The first-order valence-corrected chi connectivity index (χ1v) is 9.97. The second-order valence-corrected chi connectivity index (χ2v) is 7.53. The number of likely N-dealkylation sites (tertiary alicyclic amines) is 1. The summed E-state index contributed by atoms with van der Waals surface area (Å²) in [5, 5.41) is 11.2. The summed E-state index contributed by atoms with van der Waals surface area (Å²) in [5.41, 5.74) is 1.93. The van der Waals surface area contributed by atoms with Crippen molar-refractivity contribution in [2.75, 3.05) is 20.1 Å². The Bertz CT molecular complexity index is 1070. The normalized spacial score (nSPS) is 17.6. The number of rotatable bonds is 6. The summed E-state index contributed by atoms with van der Waals surface area (Å²) in [4.78, 5) is 30.1. The highest BCUT2D eigenvalue weighted by Crippen LogP contribution is 2.18. The van der Waals surface area contributed by atoms with E-state index in [4.69, 9.17) is 0 Å². The molecule has 8 heteroatoms. The Balaban J connectivity index is 1.57. The summed E-state index contributed by atoms with van der Waals surface area (Å²) in [6.45, 7) is 3.84. The van der Waals surface area contributed by atoms with Gasteiger partial charge in [0.15, 0.2) is 0 Å². The molecule has 4 rings (SSSR count). The SMILES string of the molecule is CCCc1nnc2c(=O)[nH]c3cc(C(=O)NCCC4CCCN4C)ccc3n12. The molecule has 0 aliphatic carbocycles. The standard InChI is InChI=1S/C20H26N6O2/c1-3-5-17-23-24-18-20(28)22-15-12-13(7-8-16(15)26(17)18)19(27)21-10-9-14-6-4-11-25(14)2/h7-8,12,14H,3-6,9-11H2,1-2H3,(H,21,27)(H,22,28). The van der Waals surface area contributed by atoms with E-state index in [9.17, 15) is 9.59 Å². The zero-order valence-corrected chi connectivity index (χ0v) is 16.4. The molecule has 1 fully saturated rings. The first-order valence-electron chi connectivity index (χ1n) is 9.97. The average molecular weight is 382 g/mol. The highest BCUT2D eigenvalue weighted by molar-refractivity contribution is 5.97. The molecular weight excluding hydrogens is 356 g/mol. The van der Waals surface area contributed by atoms with Gasteiger partial charge in [0.1, 0.15) is 5.82 Å². The molecule has 1 saturated heterocycles. The number of aryl methyl sites for hydroxylation is 1. The third kappa shape index (κ3) is 3.40. The van der Waals surface area contributed by atoms with E-state index < -0.39 is 0 Å². The molecule has 1 aliphatic heterocycles. The Morgan fingerprint density at radius 2 is 2.21 bits per heavy atom. The van der Waals surface area contributed by atoms with E-state index >= 15 is 0 Å². The molecule has 8 nitrogen and oxygen atoms in total. The predicted molar refractivity (Wildman–Crippen MR) is 108 cm³/mol. The Hall–Kier alpha value is -2.74. The fraction of sp³-hybridized carbons (Fsp3) is 0.500. The van der Waals surface area contributed by atoms with E-state index in [1.54, 1.807) is 16.5 Å². The van der Waals surface area contributed by atoms with Crippen LogP contribution in [-0.2, 0) is 6.42 Å². The molecule has 0 radical (unpaired) electrons. The number of hydrogen-bond acceptors (Lipinski definition) is 5. The molecule has 28 heavy (non-hydrogen) atoms. The smallest absolute Gasteiger partial charge is 0.294 e. The van der Waals surface area contributed by atoms with E-state index in [2.05, 4.69) is 39.4 Å². The van der Waals surface area contributed by atoms with Crippen molar-refractivity contribution in [1.29, 1.82) is 0 Å². The number of H-pyrrole nitrogens is 1. The molecule has 0 saturated carbocycles. The van der Waals surface area contributed by atoms with Gasteiger partial charge in [-0.3, -0.25) is 14.0 Å². The summed E-state index contributed by atoms with van der Waals surface area (Å²) in [5.74, 6) is 0.632. The van der Waals surface area contributed by atoms with Crippen LogP contribution in [0.4, 0.5) is 0 Å². The van der Waals surface area contributed by atoms with Crippen molar-refractivity contribution in [2.45, 2.75) is 45.1 Å². The van der Waals surface area contributed by atoms with Crippen LogP contribution in [0.25, 0.3) is 16.7 Å². The van der Waals surface area contributed by atoms with E-state index in [-0.39, 0.29) is 17.1 Å². The summed E-state index contributed by atoms with van der Waals surface area (Å²) >= 11 is 0. The summed E-state index contributed by atoms with van der Waals surface area (Å²) in [6.07, 6.45) is 5.01. The summed E-state index contributed by atoms with van der Waals surface area (Å²) < 4.78 is 1.79. The minimum Gasteiger partial charge on any atom is -0.352 e. The van der Waals surface area contributed by atoms with Gasteiger partial charge >= 0.3 is 0 Å². The molecular formula is C20H26N6O2. The maximum Gasteiger partial charge on any atom is 0.294 e. The van der Waals surface area contributed by atoms with Crippen molar-refractivity contribution in [3.8, 4) is 0 Å². The van der Waals surface area contributed by atoms with E-state index in [0.29, 0.717) is 23.7 Å². The molecule has 0 spiro atoms. The Kier molecular flexibility index (Phi) is 5.13.